The third-order valence-corrected chi connectivity index (χ3v) is 6.38. The third kappa shape index (κ3) is 2.93. The van der Waals surface area contributed by atoms with Gasteiger partial charge in [-0.2, -0.15) is 0 Å². The van der Waals surface area contributed by atoms with Crippen molar-refractivity contribution in [2.75, 3.05) is 26.2 Å². The molecule has 2 heterocycles. The van der Waals surface area contributed by atoms with Crippen molar-refractivity contribution in [3.63, 3.8) is 0 Å². The Morgan fingerprint density at radius 1 is 1.59 bits per heavy atom. The summed E-state index contributed by atoms with van der Waals surface area (Å²) in [5.74, 6) is 0. The summed E-state index contributed by atoms with van der Waals surface area (Å²) in [5, 5.41) is 0. The highest BCUT2D eigenvalue weighted by atomic mass is 79.9. The zero-order chi connectivity index (χ0) is 12.4. The lowest BCUT2D eigenvalue weighted by Crippen LogP contribution is -2.47. The monoisotopic (exact) mass is 382 g/mol. The zero-order valence-corrected chi connectivity index (χ0v) is 13.6. The number of thiophene rings is 1. The van der Waals surface area contributed by atoms with Crippen LogP contribution in [0.4, 0.5) is 0 Å². The molecule has 0 bridgehead atoms. The van der Waals surface area contributed by atoms with Crippen molar-refractivity contribution >= 4 is 43.2 Å². The summed E-state index contributed by atoms with van der Waals surface area (Å²) in [6, 6.07) is 2.45. The van der Waals surface area contributed by atoms with Crippen molar-refractivity contribution in [2.24, 2.45) is 5.73 Å². The van der Waals surface area contributed by atoms with Crippen LogP contribution in [0, 0.1) is 0 Å². The van der Waals surface area contributed by atoms with E-state index in [1.807, 2.05) is 0 Å². The van der Waals surface area contributed by atoms with Crippen LogP contribution in [0.3, 0.4) is 0 Å². The average molecular weight is 384 g/mol. The highest BCUT2D eigenvalue weighted by Crippen LogP contribution is 2.40. The number of morpholine rings is 1. The van der Waals surface area contributed by atoms with Gasteiger partial charge in [0.05, 0.1) is 22.5 Å². The summed E-state index contributed by atoms with van der Waals surface area (Å²) in [6.07, 6.45) is 0.0983. The minimum atomic E-state index is 0.0983. The first-order chi connectivity index (χ1) is 8.17. The van der Waals surface area contributed by atoms with E-state index >= 15 is 0 Å². The lowest BCUT2D eigenvalue weighted by molar-refractivity contribution is -0.0646. The molecule has 0 spiro atoms. The molecule has 1 aliphatic rings. The molecule has 2 N–H and O–H groups in total. The number of nitrogens with two attached hydrogens (primary N) is 1. The summed E-state index contributed by atoms with van der Waals surface area (Å²) >= 11 is 8.84. The molecule has 0 aliphatic carbocycles. The van der Waals surface area contributed by atoms with Crippen LogP contribution in [-0.4, -0.2) is 37.2 Å². The quantitative estimate of drug-likeness (QED) is 0.871. The van der Waals surface area contributed by atoms with Gasteiger partial charge in [0.1, 0.15) is 0 Å². The van der Waals surface area contributed by atoms with Gasteiger partial charge in [0, 0.05) is 22.4 Å². The predicted octanol–water partition coefficient (Wildman–Crippen LogP) is 2.99. The van der Waals surface area contributed by atoms with Gasteiger partial charge in [-0.05, 0) is 44.5 Å². The highest BCUT2D eigenvalue weighted by Gasteiger charge is 2.33. The molecule has 2 unspecified atom stereocenters. The lowest BCUT2D eigenvalue weighted by Gasteiger charge is -2.39. The first kappa shape index (κ1) is 14.0. The number of hydrogen-bond donors (Lipinski definition) is 1. The van der Waals surface area contributed by atoms with Crippen molar-refractivity contribution in [3.8, 4) is 0 Å². The van der Waals surface area contributed by atoms with Gasteiger partial charge >= 0.3 is 0 Å². The molecule has 0 saturated carbocycles. The van der Waals surface area contributed by atoms with Crippen LogP contribution in [0.1, 0.15) is 17.8 Å². The fraction of sp³-hybridized carbons (Fsp3) is 0.636. The van der Waals surface area contributed by atoms with E-state index in [4.69, 9.17) is 10.5 Å². The standard InChI is InChI=1S/C11H16Br2N2OS/c1-2-15-3-4-16-8(6-14)10(15)9-5-7(12)11(13)17-9/h5,8,10H,2-4,6,14H2,1H3. The van der Waals surface area contributed by atoms with Gasteiger partial charge in [0.15, 0.2) is 0 Å². The maximum atomic E-state index is 5.82. The molecule has 2 rings (SSSR count). The molecule has 0 aromatic carbocycles. The molecular formula is C11H16Br2N2OS. The third-order valence-electron chi connectivity index (χ3n) is 3.05. The van der Waals surface area contributed by atoms with Crippen molar-refractivity contribution < 1.29 is 4.74 Å². The molecular weight excluding hydrogens is 368 g/mol. The molecule has 0 amide bonds. The maximum Gasteiger partial charge on any atom is 0.0902 e. The van der Waals surface area contributed by atoms with Gasteiger partial charge in [0.25, 0.3) is 0 Å². The fourth-order valence-electron chi connectivity index (χ4n) is 2.21. The predicted molar refractivity (Wildman–Crippen MR) is 78.5 cm³/mol. The lowest BCUT2D eigenvalue weighted by atomic mass is 10.1. The van der Waals surface area contributed by atoms with Crippen molar-refractivity contribution in [2.45, 2.75) is 19.1 Å². The SMILES string of the molecule is CCN1CCOC(CN)C1c1cc(Br)c(Br)s1. The van der Waals surface area contributed by atoms with E-state index in [0.717, 1.165) is 28.0 Å². The average Bonchev–Trinajstić information content (AvgIpc) is 2.68. The second-order valence-corrected chi connectivity index (χ2v) is 7.24. The molecule has 1 aromatic heterocycles. The Labute approximate surface area is 123 Å². The molecule has 2 atom stereocenters. The van der Waals surface area contributed by atoms with E-state index in [0.29, 0.717) is 6.54 Å². The number of nitrogens with zero attached hydrogens (tertiary/aromatic N) is 1. The minimum Gasteiger partial charge on any atom is -0.374 e. The summed E-state index contributed by atoms with van der Waals surface area (Å²) in [7, 11) is 0. The minimum absolute atomic E-state index is 0.0983. The van der Waals surface area contributed by atoms with Crippen LogP contribution in [0.15, 0.2) is 14.3 Å². The fourth-order valence-corrected chi connectivity index (χ4v) is 4.49. The van der Waals surface area contributed by atoms with Gasteiger partial charge in [-0.1, -0.05) is 6.92 Å². The van der Waals surface area contributed by atoms with Crippen LogP contribution in [0.5, 0.6) is 0 Å². The van der Waals surface area contributed by atoms with Gasteiger partial charge in [-0.15, -0.1) is 11.3 Å². The van der Waals surface area contributed by atoms with Crippen LogP contribution in [0.25, 0.3) is 0 Å². The summed E-state index contributed by atoms with van der Waals surface area (Å²) in [6.45, 7) is 5.53. The van der Waals surface area contributed by atoms with Crippen LogP contribution < -0.4 is 5.73 Å². The van der Waals surface area contributed by atoms with Crippen LogP contribution in [0.2, 0.25) is 0 Å². The molecule has 1 saturated heterocycles. The molecule has 96 valence electrons. The summed E-state index contributed by atoms with van der Waals surface area (Å²) < 4.78 is 8.02. The number of ether oxygens (including phenoxy) is 1. The Kier molecular flexibility index (Phi) is 5.03. The normalized spacial score (nSPS) is 26.4. The number of likely N-dealkylation sites (N-methyl/N-ethyl adjacent to an activating group) is 1. The first-order valence-corrected chi connectivity index (χ1v) is 8.08. The van der Waals surface area contributed by atoms with Gasteiger partial charge < -0.3 is 10.5 Å². The highest BCUT2D eigenvalue weighted by molar-refractivity contribution is 9.13. The molecule has 17 heavy (non-hydrogen) atoms. The Morgan fingerprint density at radius 2 is 2.35 bits per heavy atom. The van der Waals surface area contributed by atoms with Crippen LogP contribution in [-0.2, 0) is 4.74 Å². The van der Waals surface area contributed by atoms with Crippen molar-refractivity contribution in [1.29, 1.82) is 0 Å². The van der Waals surface area contributed by atoms with Gasteiger partial charge in [0.2, 0.25) is 0 Å². The van der Waals surface area contributed by atoms with E-state index in [9.17, 15) is 0 Å². The number of halogens is 2. The summed E-state index contributed by atoms with van der Waals surface area (Å²) in [5.41, 5.74) is 5.82. The molecule has 1 aliphatic heterocycles. The smallest absolute Gasteiger partial charge is 0.0902 e. The van der Waals surface area contributed by atoms with E-state index in [1.165, 1.54) is 4.88 Å². The second kappa shape index (κ2) is 6.12. The summed E-state index contributed by atoms with van der Waals surface area (Å²) in [4.78, 5) is 3.74. The maximum absolute atomic E-state index is 5.82. The second-order valence-electron chi connectivity index (χ2n) is 3.99. The van der Waals surface area contributed by atoms with E-state index in [2.05, 4.69) is 49.7 Å². The molecule has 0 radical (unpaired) electrons. The number of hydrogen-bond acceptors (Lipinski definition) is 4. The Bertz CT molecular complexity index is 354. The Morgan fingerprint density at radius 3 is 2.88 bits per heavy atom. The molecule has 1 aromatic rings. The Hall–Kier alpha value is 0.540. The largest absolute Gasteiger partial charge is 0.374 e. The van der Waals surface area contributed by atoms with Gasteiger partial charge in [-0.25, -0.2) is 0 Å². The topological polar surface area (TPSA) is 38.5 Å². The molecule has 1 fully saturated rings. The van der Waals surface area contributed by atoms with E-state index < -0.39 is 0 Å². The molecule has 3 nitrogen and oxygen atoms in total. The van der Waals surface area contributed by atoms with E-state index in [1.54, 1.807) is 11.3 Å². The Balaban J connectivity index is 2.29. The molecule has 6 heteroatoms. The first-order valence-electron chi connectivity index (χ1n) is 5.67. The van der Waals surface area contributed by atoms with E-state index in [-0.39, 0.29) is 12.1 Å². The number of rotatable bonds is 3. The van der Waals surface area contributed by atoms with Crippen molar-refractivity contribution in [3.05, 3.63) is 19.2 Å². The zero-order valence-electron chi connectivity index (χ0n) is 9.66. The van der Waals surface area contributed by atoms with Gasteiger partial charge in [-0.3, -0.25) is 4.90 Å². The van der Waals surface area contributed by atoms with Crippen LogP contribution >= 0.6 is 43.2 Å². The van der Waals surface area contributed by atoms with Crippen molar-refractivity contribution in [1.82, 2.24) is 4.90 Å².